The molecule has 2 aromatic rings. The molecule has 19 heavy (non-hydrogen) atoms. The monoisotopic (exact) mass is 260 g/mol. The van der Waals surface area contributed by atoms with Gasteiger partial charge in [0.2, 0.25) is 0 Å². The number of para-hydroxylation sites is 1. The van der Waals surface area contributed by atoms with Crippen LogP contribution in [-0.2, 0) is 13.0 Å². The number of unbranched alkanes of at least 4 members (excludes halogenated alkanes) is 1. The Balaban J connectivity index is 1.99. The van der Waals surface area contributed by atoms with Gasteiger partial charge in [-0.15, -0.1) is 5.10 Å². The summed E-state index contributed by atoms with van der Waals surface area (Å²) in [6.45, 7) is 1.41. The second kappa shape index (κ2) is 6.89. The fourth-order valence-electron chi connectivity index (χ4n) is 1.99. The minimum Gasteiger partial charge on any atom is -0.496 e. The molecule has 5 nitrogen and oxygen atoms in total. The van der Waals surface area contributed by atoms with E-state index in [9.17, 15) is 0 Å². The van der Waals surface area contributed by atoms with Gasteiger partial charge in [-0.25, -0.2) is 4.68 Å². The molecule has 0 radical (unpaired) electrons. The van der Waals surface area contributed by atoms with Gasteiger partial charge < -0.3 is 10.5 Å². The molecule has 0 aliphatic carbocycles. The molecule has 0 aliphatic rings. The van der Waals surface area contributed by atoms with E-state index in [1.165, 1.54) is 0 Å². The lowest BCUT2D eigenvalue weighted by Crippen LogP contribution is -2.02. The van der Waals surface area contributed by atoms with E-state index >= 15 is 0 Å². The molecular weight excluding hydrogens is 240 g/mol. The van der Waals surface area contributed by atoms with E-state index in [-0.39, 0.29) is 0 Å². The lowest BCUT2D eigenvalue weighted by molar-refractivity contribution is 0.407. The van der Waals surface area contributed by atoms with Crippen molar-refractivity contribution in [3.05, 3.63) is 41.7 Å². The van der Waals surface area contributed by atoms with E-state index in [0.717, 1.165) is 42.8 Å². The molecule has 2 N–H and O–H groups in total. The van der Waals surface area contributed by atoms with Gasteiger partial charge in [0, 0.05) is 11.8 Å². The predicted molar refractivity (Wildman–Crippen MR) is 74.1 cm³/mol. The smallest absolute Gasteiger partial charge is 0.123 e. The highest BCUT2D eigenvalue weighted by atomic mass is 16.5. The number of ether oxygens (including phenoxy) is 1. The number of hydrogen-bond donors (Lipinski definition) is 1. The van der Waals surface area contributed by atoms with Crippen molar-refractivity contribution in [3.63, 3.8) is 0 Å². The first-order chi connectivity index (χ1) is 9.33. The number of aromatic nitrogens is 3. The minimum atomic E-state index is 0.675. The summed E-state index contributed by atoms with van der Waals surface area (Å²) in [6.07, 6.45) is 5.01. The molecule has 2 rings (SSSR count). The molecule has 0 saturated heterocycles. The molecule has 0 fully saturated rings. The summed E-state index contributed by atoms with van der Waals surface area (Å²) >= 11 is 0. The highest BCUT2D eigenvalue weighted by molar-refractivity contribution is 5.33. The molecule has 0 aliphatic heterocycles. The second-order valence-electron chi connectivity index (χ2n) is 4.47. The summed E-state index contributed by atoms with van der Waals surface area (Å²) < 4.78 is 7.17. The Morgan fingerprint density at radius 1 is 1.26 bits per heavy atom. The van der Waals surface area contributed by atoms with E-state index in [1.807, 2.05) is 35.1 Å². The number of rotatable bonds is 7. The van der Waals surface area contributed by atoms with Crippen molar-refractivity contribution in [2.45, 2.75) is 25.8 Å². The van der Waals surface area contributed by atoms with E-state index in [2.05, 4.69) is 10.3 Å². The third-order valence-corrected chi connectivity index (χ3v) is 3.00. The average Bonchev–Trinajstić information content (AvgIpc) is 2.87. The molecule has 0 spiro atoms. The van der Waals surface area contributed by atoms with Crippen molar-refractivity contribution in [1.29, 1.82) is 0 Å². The zero-order valence-corrected chi connectivity index (χ0v) is 11.2. The van der Waals surface area contributed by atoms with Gasteiger partial charge in [0.05, 0.1) is 19.3 Å². The Hall–Kier alpha value is -1.88. The van der Waals surface area contributed by atoms with Crippen molar-refractivity contribution >= 4 is 0 Å². The van der Waals surface area contributed by atoms with Gasteiger partial charge >= 0.3 is 0 Å². The standard InChI is InChI=1S/C14H20N4O/c1-19-14-8-3-2-6-12(14)10-18-11-13(16-17-18)7-4-5-9-15/h2-3,6,8,11H,4-5,7,9-10,15H2,1H3. The third-order valence-electron chi connectivity index (χ3n) is 3.00. The molecule has 0 saturated carbocycles. The van der Waals surface area contributed by atoms with Crippen LogP contribution < -0.4 is 10.5 Å². The average molecular weight is 260 g/mol. The Morgan fingerprint density at radius 2 is 2.11 bits per heavy atom. The van der Waals surface area contributed by atoms with Crippen LogP contribution in [0.15, 0.2) is 30.5 Å². The fraction of sp³-hybridized carbons (Fsp3) is 0.429. The van der Waals surface area contributed by atoms with Gasteiger partial charge in [0.25, 0.3) is 0 Å². The van der Waals surface area contributed by atoms with Crippen LogP contribution in [0.1, 0.15) is 24.1 Å². The zero-order chi connectivity index (χ0) is 13.5. The Labute approximate surface area is 113 Å². The summed E-state index contributed by atoms with van der Waals surface area (Å²) in [5.41, 5.74) is 7.59. The van der Waals surface area contributed by atoms with Crippen LogP contribution in [-0.4, -0.2) is 28.6 Å². The van der Waals surface area contributed by atoms with Crippen molar-refractivity contribution in [3.8, 4) is 5.75 Å². The number of nitrogens with two attached hydrogens (primary N) is 1. The number of nitrogens with zero attached hydrogens (tertiary/aromatic N) is 3. The van der Waals surface area contributed by atoms with Crippen molar-refractivity contribution in [2.75, 3.05) is 13.7 Å². The van der Waals surface area contributed by atoms with Crippen LogP contribution in [0.4, 0.5) is 0 Å². The van der Waals surface area contributed by atoms with Gasteiger partial charge in [-0.3, -0.25) is 0 Å². The fourth-order valence-corrected chi connectivity index (χ4v) is 1.99. The van der Waals surface area contributed by atoms with E-state index in [0.29, 0.717) is 6.54 Å². The Morgan fingerprint density at radius 3 is 2.89 bits per heavy atom. The maximum Gasteiger partial charge on any atom is 0.123 e. The number of aryl methyl sites for hydroxylation is 1. The van der Waals surface area contributed by atoms with E-state index in [1.54, 1.807) is 7.11 Å². The van der Waals surface area contributed by atoms with Gasteiger partial charge in [0.1, 0.15) is 5.75 Å². The maximum atomic E-state index is 5.48. The topological polar surface area (TPSA) is 66.0 Å². The lowest BCUT2D eigenvalue weighted by atomic mass is 10.2. The molecule has 0 bridgehead atoms. The highest BCUT2D eigenvalue weighted by Gasteiger charge is 2.05. The van der Waals surface area contributed by atoms with Crippen LogP contribution in [0.3, 0.4) is 0 Å². The lowest BCUT2D eigenvalue weighted by Gasteiger charge is -2.07. The second-order valence-corrected chi connectivity index (χ2v) is 4.47. The minimum absolute atomic E-state index is 0.675. The summed E-state index contributed by atoms with van der Waals surface area (Å²) in [5, 5.41) is 8.32. The first-order valence-corrected chi connectivity index (χ1v) is 6.54. The summed E-state index contributed by atoms with van der Waals surface area (Å²) in [6, 6.07) is 7.95. The van der Waals surface area contributed by atoms with Crippen LogP contribution in [0.2, 0.25) is 0 Å². The van der Waals surface area contributed by atoms with E-state index in [4.69, 9.17) is 10.5 Å². The third kappa shape index (κ3) is 3.79. The Bertz CT molecular complexity index is 510. The van der Waals surface area contributed by atoms with Crippen molar-refractivity contribution < 1.29 is 4.74 Å². The number of hydrogen-bond acceptors (Lipinski definition) is 4. The first-order valence-electron chi connectivity index (χ1n) is 6.54. The largest absolute Gasteiger partial charge is 0.496 e. The van der Waals surface area contributed by atoms with Crippen LogP contribution in [0.5, 0.6) is 5.75 Å². The quantitative estimate of drug-likeness (QED) is 0.768. The summed E-state index contributed by atoms with van der Waals surface area (Å²) in [5.74, 6) is 0.877. The van der Waals surface area contributed by atoms with E-state index < -0.39 is 0 Å². The summed E-state index contributed by atoms with van der Waals surface area (Å²) in [7, 11) is 1.68. The normalized spacial score (nSPS) is 10.6. The summed E-state index contributed by atoms with van der Waals surface area (Å²) in [4.78, 5) is 0. The zero-order valence-electron chi connectivity index (χ0n) is 11.2. The molecule has 0 unspecified atom stereocenters. The molecule has 1 heterocycles. The van der Waals surface area contributed by atoms with Crippen LogP contribution in [0.25, 0.3) is 0 Å². The van der Waals surface area contributed by atoms with Gasteiger partial charge in [0.15, 0.2) is 0 Å². The maximum absolute atomic E-state index is 5.48. The number of methoxy groups -OCH3 is 1. The molecule has 0 amide bonds. The Kier molecular flexibility index (Phi) is 4.92. The van der Waals surface area contributed by atoms with Gasteiger partial charge in [-0.2, -0.15) is 0 Å². The van der Waals surface area contributed by atoms with Crippen molar-refractivity contribution in [1.82, 2.24) is 15.0 Å². The molecule has 1 aromatic carbocycles. The number of benzene rings is 1. The molecule has 0 atom stereocenters. The molecule has 1 aromatic heterocycles. The van der Waals surface area contributed by atoms with Crippen LogP contribution >= 0.6 is 0 Å². The molecule has 102 valence electrons. The predicted octanol–water partition coefficient (Wildman–Crippen LogP) is 1.62. The highest BCUT2D eigenvalue weighted by Crippen LogP contribution is 2.18. The van der Waals surface area contributed by atoms with Crippen molar-refractivity contribution in [2.24, 2.45) is 5.73 Å². The molecule has 5 heteroatoms. The van der Waals surface area contributed by atoms with Gasteiger partial charge in [-0.1, -0.05) is 23.4 Å². The SMILES string of the molecule is COc1ccccc1Cn1cc(CCCCN)nn1. The van der Waals surface area contributed by atoms with Gasteiger partial charge in [-0.05, 0) is 31.9 Å². The van der Waals surface area contributed by atoms with Crippen LogP contribution in [0, 0.1) is 0 Å². The molecular formula is C14H20N4O. The first kappa shape index (κ1) is 13.5.